The zero-order valence-corrected chi connectivity index (χ0v) is 8.35. The molecule has 0 saturated carbocycles. The van der Waals surface area contributed by atoms with Crippen LogP contribution in [0.2, 0.25) is 0 Å². The van der Waals surface area contributed by atoms with Gasteiger partial charge >= 0.3 is 0 Å². The van der Waals surface area contributed by atoms with Gasteiger partial charge in [0.1, 0.15) is 5.69 Å². The third kappa shape index (κ3) is 1.13. The average Bonchev–Trinajstić information content (AvgIpc) is 2.72. The molecule has 74 valence electrons. The van der Waals surface area contributed by atoms with E-state index in [9.17, 15) is 0 Å². The number of aromatic nitrogens is 3. The van der Waals surface area contributed by atoms with E-state index in [1.807, 2.05) is 10.7 Å². The van der Waals surface area contributed by atoms with Crippen LogP contribution in [0.5, 0.6) is 0 Å². The monoisotopic (exact) mass is 197 g/mol. The molecule has 0 atom stereocenters. The molecular weight excluding hydrogens is 186 g/mol. The van der Waals surface area contributed by atoms with Crippen LogP contribution in [0, 0.1) is 0 Å². The summed E-state index contributed by atoms with van der Waals surface area (Å²) in [4.78, 5) is 0. The van der Waals surface area contributed by atoms with Gasteiger partial charge in [0.15, 0.2) is 0 Å². The number of hydrogen-bond acceptors (Lipinski definition) is 2. The molecule has 1 aromatic heterocycles. The van der Waals surface area contributed by atoms with Crippen molar-refractivity contribution in [3.8, 4) is 11.3 Å². The topological polar surface area (TPSA) is 30.7 Å². The molecule has 0 amide bonds. The fraction of sp³-hybridized carbons (Fsp3) is 0.167. The van der Waals surface area contributed by atoms with Gasteiger partial charge in [0.05, 0.1) is 5.69 Å². The number of benzene rings is 1. The second-order valence-corrected chi connectivity index (χ2v) is 3.66. The molecule has 0 unspecified atom stereocenters. The summed E-state index contributed by atoms with van der Waals surface area (Å²) in [6.07, 6.45) is 2.80. The second-order valence-electron chi connectivity index (χ2n) is 3.66. The van der Waals surface area contributed by atoms with Crippen molar-refractivity contribution in [2.75, 3.05) is 0 Å². The number of nitrogens with zero attached hydrogens (tertiary/aromatic N) is 3. The fourth-order valence-corrected chi connectivity index (χ4v) is 2.09. The van der Waals surface area contributed by atoms with E-state index in [2.05, 4.69) is 35.1 Å². The summed E-state index contributed by atoms with van der Waals surface area (Å²) in [6.45, 7) is 4.68. The molecule has 0 radical (unpaired) electrons. The largest absolute Gasteiger partial charge is 0.244 e. The predicted molar refractivity (Wildman–Crippen MR) is 59.3 cm³/mol. The Labute approximate surface area is 88.0 Å². The molecule has 3 heteroatoms. The number of hydrogen-bond donors (Lipinski definition) is 0. The first-order chi connectivity index (χ1) is 7.40. The quantitative estimate of drug-likeness (QED) is 0.701. The molecule has 1 aliphatic rings. The normalized spacial score (nSPS) is 13.1. The molecule has 0 spiro atoms. The van der Waals surface area contributed by atoms with E-state index in [1.54, 1.807) is 6.08 Å². The van der Waals surface area contributed by atoms with Gasteiger partial charge in [-0.25, -0.2) is 4.68 Å². The Hall–Kier alpha value is -1.90. The van der Waals surface area contributed by atoms with Gasteiger partial charge in [-0.05, 0) is 18.1 Å². The van der Waals surface area contributed by atoms with Crippen molar-refractivity contribution < 1.29 is 0 Å². The molecule has 2 aromatic rings. The van der Waals surface area contributed by atoms with Crippen LogP contribution >= 0.6 is 0 Å². The van der Waals surface area contributed by atoms with Crippen LogP contribution in [0.4, 0.5) is 0 Å². The SMILES string of the molecule is C=Cc1nnn2c1-c1ccccc1CC2. The van der Waals surface area contributed by atoms with Crippen molar-refractivity contribution in [2.45, 2.75) is 13.0 Å². The molecule has 2 heterocycles. The first-order valence-electron chi connectivity index (χ1n) is 5.04. The number of aryl methyl sites for hydroxylation is 2. The van der Waals surface area contributed by atoms with Crippen molar-refractivity contribution in [2.24, 2.45) is 0 Å². The Balaban J connectivity index is 2.31. The molecule has 0 saturated heterocycles. The van der Waals surface area contributed by atoms with Crippen LogP contribution in [0.25, 0.3) is 17.3 Å². The summed E-state index contributed by atoms with van der Waals surface area (Å²) in [6, 6.07) is 8.41. The highest BCUT2D eigenvalue weighted by Crippen LogP contribution is 2.30. The molecule has 1 aliphatic heterocycles. The molecular formula is C12H11N3. The van der Waals surface area contributed by atoms with E-state index in [0.29, 0.717) is 0 Å². The van der Waals surface area contributed by atoms with Gasteiger partial charge in [-0.1, -0.05) is 36.1 Å². The predicted octanol–water partition coefficient (Wildman–Crippen LogP) is 2.14. The van der Waals surface area contributed by atoms with Crippen molar-refractivity contribution in [3.05, 3.63) is 42.1 Å². The van der Waals surface area contributed by atoms with Gasteiger partial charge in [-0.3, -0.25) is 0 Å². The highest BCUT2D eigenvalue weighted by atomic mass is 15.4. The number of fused-ring (bicyclic) bond motifs is 3. The van der Waals surface area contributed by atoms with Gasteiger partial charge in [-0.15, -0.1) is 5.10 Å². The highest BCUT2D eigenvalue weighted by Gasteiger charge is 2.19. The molecule has 3 nitrogen and oxygen atoms in total. The van der Waals surface area contributed by atoms with Gasteiger partial charge in [0.25, 0.3) is 0 Å². The van der Waals surface area contributed by atoms with Gasteiger partial charge in [-0.2, -0.15) is 0 Å². The average molecular weight is 197 g/mol. The zero-order valence-electron chi connectivity index (χ0n) is 8.35. The lowest BCUT2D eigenvalue weighted by Crippen LogP contribution is -2.11. The summed E-state index contributed by atoms with van der Waals surface area (Å²) in [5.41, 5.74) is 4.59. The Bertz CT molecular complexity index is 525. The standard InChI is InChI=1S/C12H11N3/c1-2-11-12-10-6-4-3-5-9(10)7-8-15(12)14-13-11/h2-6H,1,7-8H2. The summed E-state index contributed by atoms with van der Waals surface area (Å²) >= 11 is 0. The minimum absolute atomic E-state index is 0.877. The van der Waals surface area contributed by atoms with Crippen LogP contribution in [-0.4, -0.2) is 15.0 Å². The molecule has 0 aliphatic carbocycles. The van der Waals surface area contributed by atoms with Gasteiger partial charge < -0.3 is 0 Å². The van der Waals surface area contributed by atoms with E-state index in [4.69, 9.17) is 0 Å². The molecule has 0 bridgehead atoms. The van der Waals surface area contributed by atoms with Crippen LogP contribution in [0.15, 0.2) is 30.8 Å². The first-order valence-corrected chi connectivity index (χ1v) is 5.04. The van der Waals surface area contributed by atoms with Crippen LogP contribution in [0.1, 0.15) is 11.3 Å². The van der Waals surface area contributed by atoms with E-state index < -0.39 is 0 Å². The van der Waals surface area contributed by atoms with Crippen LogP contribution in [-0.2, 0) is 13.0 Å². The maximum absolute atomic E-state index is 4.12. The van der Waals surface area contributed by atoms with Crippen molar-refractivity contribution in [1.29, 1.82) is 0 Å². The van der Waals surface area contributed by atoms with Crippen LogP contribution < -0.4 is 0 Å². The molecule has 1 aromatic carbocycles. The Kier molecular flexibility index (Phi) is 1.71. The lowest BCUT2D eigenvalue weighted by Gasteiger charge is -2.17. The summed E-state index contributed by atoms with van der Waals surface area (Å²) < 4.78 is 1.96. The zero-order chi connectivity index (χ0) is 10.3. The maximum Gasteiger partial charge on any atom is 0.113 e. The Morgan fingerprint density at radius 1 is 1.33 bits per heavy atom. The van der Waals surface area contributed by atoms with Crippen molar-refractivity contribution >= 4 is 6.08 Å². The summed E-state index contributed by atoms with van der Waals surface area (Å²) in [5.74, 6) is 0. The van der Waals surface area contributed by atoms with Crippen molar-refractivity contribution in [1.82, 2.24) is 15.0 Å². The molecule has 15 heavy (non-hydrogen) atoms. The van der Waals surface area contributed by atoms with Gasteiger partial charge in [0, 0.05) is 12.1 Å². The molecule has 0 fully saturated rings. The minimum Gasteiger partial charge on any atom is -0.244 e. The second kappa shape index (κ2) is 3.05. The third-order valence-electron chi connectivity index (χ3n) is 2.82. The lowest BCUT2D eigenvalue weighted by molar-refractivity contribution is 0.583. The Morgan fingerprint density at radius 2 is 2.20 bits per heavy atom. The highest BCUT2D eigenvalue weighted by molar-refractivity contribution is 5.72. The van der Waals surface area contributed by atoms with E-state index in [0.717, 1.165) is 24.4 Å². The van der Waals surface area contributed by atoms with E-state index >= 15 is 0 Å². The smallest absolute Gasteiger partial charge is 0.113 e. The maximum atomic E-state index is 4.12. The van der Waals surface area contributed by atoms with E-state index in [1.165, 1.54) is 11.1 Å². The van der Waals surface area contributed by atoms with E-state index in [-0.39, 0.29) is 0 Å². The first kappa shape index (κ1) is 8.41. The summed E-state index contributed by atoms with van der Waals surface area (Å²) in [7, 11) is 0. The summed E-state index contributed by atoms with van der Waals surface area (Å²) in [5, 5.41) is 8.23. The number of rotatable bonds is 1. The minimum atomic E-state index is 0.877. The molecule has 0 N–H and O–H groups in total. The lowest BCUT2D eigenvalue weighted by atomic mass is 9.97. The van der Waals surface area contributed by atoms with Crippen LogP contribution in [0.3, 0.4) is 0 Å². The van der Waals surface area contributed by atoms with Gasteiger partial charge in [0.2, 0.25) is 0 Å². The third-order valence-corrected chi connectivity index (χ3v) is 2.82. The molecule has 3 rings (SSSR count). The Morgan fingerprint density at radius 3 is 3.07 bits per heavy atom. The fourth-order valence-electron chi connectivity index (χ4n) is 2.09. The van der Waals surface area contributed by atoms with Crippen molar-refractivity contribution in [3.63, 3.8) is 0 Å².